The van der Waals surface area contributed by atoms with Crippen LogP contribution in [0.2, 0.25) is 0 Å². The molecule has 0 bridgehead atoms. The van der Waals surface area contributed by atoms with Gasteiger partial charge in [-0.2, -0.15) is 0 Å². The minimum Gasteiger partial charge on any atom is -0.493 e. The molecule has 32 heavy (non-hydrogen) atoms. The molecule has 0 aliphatic carbocycles. The van der Waals surface area contributed by atoms with E-state index in [4.69, 9.17) is 9.47 Å². The van der Waals surface area contributed by atoms with E-state index in [-0.39, 0.29) is 11.7 Å². The van der Waals surface area contributed by atoms with Gasteiger partial charge in [-0.25, -0.2) is 0 Å². The molecule has 0 saturated carbocycles. The average Bonchev–Trinajstić information content (AvgIpc) is 3.28. The van der Waals surface area contributed by atoms with Gasteiger partial charge in [-0.05, 0) is 36.4 Å². The SMILES string of the molecule is COc1ccc(NC(=O)CSc2nnc(-c3ccncc3)n2-c2ccccc2)cc1OC. The molecule has 0 atom stereocenters. The summed E-state index contributed by atoms with van der Waals surface area (Å²) in [4.78, 5) is 16.7. The zero-order valence-corrected chi connectivity index (χ0v) is 18.4. The number of pyridine rings is 1. The first-order chi connectivity index (χ1) is 15.7. The summed E-state index contributed by atoms with van der Waals surface area (Å²) in [5, 5.41) is 12.2. The van der Waals surface area contributed by atoms with Gasteiger partial charge >= 0.3 is 0 Å². The molecular weight excluding hydrogens is 426 g/mol. The molecule has 1 N–H and O–H groups in total. The van der Waals surface area contributed by atoms with Crippen LogP contribution in [0.4, 0.5) is 5.69 Å². The predicted molar refractivity (Wildman–Crippen MR) is 123 cm³/mol. The fourth-order valence-electron chi connectivity index (χ4n) is 3.10. The van der Waals surface area contributed by atoms with E-state index in [1.807, 2.05) is 47.0 Å². The summed E-state index contributed by atoms with van der Waals surface area (Å²) >= 11 is 1.31. The van der Waals surface area contributed by atoms with Crippen LogP contribution >= 0.6 is 11.8 Å². The van der Waals surface area contributed by atoms with E-state index in [2.05, 4.69) is 20.5 Å². The number of benzene rings is 2. The number of nitrogens with one attached hydrogen (secondary N) is 1. The Kier molecular flexibility index (Phi) is 6.66. The van der Waals surface area contributed by atoms with Crippen LogP contribution in [0.5, 0.6) is 11.5 Å². The molecule has 0 saturated heterocycles. The van der Waals surface area contributed by atoms with Crippen molar-refractivity contribution >= 4 is 23.4 Å². The summed E-state index contributed by atoms with van der Waals surface area (Å²) in [5.74, 6) is 1.82. The number of anilines is 1. The fraction of sp³-hybridized carbons (Fsp3) is 0.130. The summed E-state index contributed by atoms with van der Waals surface area (Å²) in [7, 11) is 3.12. The van der Waals surface area contributed by atoms with Gasteiger partial charge in [0.05, 0.1) is 20.0 Å². The van der Waals surface area contributed by atoms with Gasteiger partial charge in [0.15, 0.2) is 22.5 Å². The Morgan fingerprint density at radius 2 is 1.72 bits per heavy atom. The summed E-state index contributed by atoms with van der Waals surface area (Å²) in [6, 6.07) is 18.8. The zero-order chi connectivity index (χ0) is 22.3. The number of thioether (sulfide) groups is 1. The van der Waals surface area contributed by atoms with Gasteiger partial charge in [-0.1, -0.05) is 30.0 Å². The maximum atomic E-state index is 12.6. The number of carbonyl (C=O) groups excluding carboxylic acids is 1. The number of para-hydroxylation sites is 1. The third kappa shape index (κ3) is 4.73. The van der Waals surface area contributed by atoms with Gasteiger partial charge in [0, 0.05) is 35.4 Å². The van der Waals surface area contributed by atoms with Crippen molar-refractivity contribution in [2.45, 2.75) is 5.16 Å². The lowest BCUT2D eigenvalue weighted by Gasteiger charge is -2.11. The molecule has 0 aliphatic heterocycles. The Morgan fingerprint density at radius 3 is 2.44 bits per heavy atom. The minimum absolute atomic E-state index is 0.162. The number of carbonyl (C=O) groups is 1. The van der Waals surface area contributed by atoms with Crippen LogP contribution in [-0.2, 0) is 4.79 Å². The number of rotatable bonds is 8. The topological polar surface area (TPSA) is 91.2 Å². The molecule has 0 fully saturated rings. The molecule has 9 heteroatoms. The fourth-order valence-corrected chi connectivity index (χ4v) is 3.85. The van der Waals surface area contributed by atoms with Crippen LogP contribution in [0, 0.1) is 0 Å². The average molecular weight is 448 g/mol. The number of nitrogens with zero attached hydrogens (tertiary/aromatic N) is 4. The summed E-state index contributed by atoms with van der Waals surface area (Å²) in [6.45, 7) is 0. The van der Waals surface area contributed by atoms with Crippen LogP contribution in [0.25, 0.3) is 17.1 Å². The number of methoxy groups -OCH3 is 2. The van der Waals surface area contributed by atoms with Gasteiger partial charge < -0.3 is 14.8 Å². The number of ether oxygens (including phenoxy) is 2. The molecule has 1 amide bonds. The molecule has 0 radical (unpaired) electrons. The Balaban J connectivity index is 1.53. The maximum Gasteiger partial charge on any atom is 0.234 e. The van der Waals surface area contributed by atoms with Crippen molar-refractivity contribution in [1.29, 1.82) is 0 Å². The highest BCUT2D eigenvalue weighted by molar-refractivity contribution is 7.99. The zero-order valence-electron chi connectivity index (χ0n) is 17.6. The normalized spacial score (nSPS) is 10.6. The lowest BCUT2D eigenvalue weighted by atomic mass is 10.2. The van der Waals surface area contributed by atoms with Gasteiger partial charge in [-0.3, -0.25) is 14.3 Å². The second kappa shape index (κ2) is 9.97. The first-order valence-electron chi connectivity index (χ1n) is 9.75. The van der Waals surface area contributed by atoms with Crippen LogP contribution < -0.4 is 14.8 Å². The van der Waals surface area contributed by atoms with Crippen molar-refractivity contribution < 1.29 is 14.3 Å². The van der Waals surface area contributed by atoms with Crippen molar-refractivity contribution in [3.05, 3.63) is 73.1 Å². The molecule has 0 spiro atoms. The molecule has 162 valence electrons. The third-order valence-corrected chi connectivity index (χ3v) is 5.51. The Bertz CT molecular complexity index is 1200. The molecule has 4 aromatic rings. The van der Waals surface area contributed by atoms with Crippen LogP contribution in [-0.4, -0.2) is 45.6 Å². The lowest BCUT2D eigenvalue weighted by molar-refractivity contribution is -0.113. The highest BCUT2D eigenvalue weighted by atomic mass is 32.2. The highest BCUT2D eigenvalue weighted by Gasteiger charge is 2.17. The van der Waals surface area contributed by atoms with E-state index in [0.717, 1.165) is 11.3 Å². The Morgan fingerprint density at radius 1 is 0.969 bits per heavy atom. The van der Waals surface area contributed by atoms with Crippen molar-refractivity contribution in [3.8, 4) is 28.6 Å². The molecule has 8 nitrogen and oxygen atoms in total. The first kappa shape index (κ1) is 21.4. The van der Waals surface area contributed by atoms with Crippen molar-refractivity contribution in [1.82, 2.24) is 19.7 Å². The van der Waals surface area contributed by atoms with Crippen LogP contribution in [0.1, 0.15) is 0 Å². The van der Waals surface area contributed by atoms with E-state index in [1.165, 1.54) is 11.8 Å². The number of hydrogen-bond donors (Lipinski definition) is 1. The van der Waals surface area contributed by atoms with Crippen LogP contribution in [0.3, 0.4) is 0 Å². The van der Waals surface area contributed by atoms with E-state index >= 15 is 0 Å². The van der Waals surface area contributed by atoms with Gasteiger partial charge in [0.1, 0.15) is 0 Å². The smallest absolute Gasteiger partial charge is 0.234 e. The monoisotopic (exact) mass is 447 g/mol. The largest absolute Gasteiger partial charge is 0.493 e. The molecule has 2 aromatic carbocycles. The molecule has 0 unspecified atom stereocenters. The predicted octanol–water partition coefficient (Wildman–Crippen LogP) is 4.08. The van der Waals surface area contributed by atoms with Gasteiger partial charge in [-0.15, -0.1) is 10.2 Å². The summed E-state index contributed by atoms with van der Waals surface area (Å²) < 4.78 is 12.5. The quantitative estimate of drug-likeness (QED) is 0.407. The molecule has 4 rings (SSSR count). The second-order valence-electron chi connectivity index (χ2n) is 6.62. The van der Waals surface area contributed by atoms with Crippen molar-refractivity contribution in [2.24, 2.45) is 0 Å². The Hall–Kier alpha value is -3.85. The van der Waals surface area contributed by atoms with Crippen molar-refractivity contribution in [2.75, 3.05) is 25.3 Å². The first-order valence-corrected chi connectivity index (χ1v) is 10.7. The van der Waals surface area contributed by atoms with E-state index in [0.29, 0.717) is 28.2 Å². The minimum atomic E-state index is -0.171. The maximum absolute atomic E-state index is 12.6. The molecular formula is C23H21N5O3S. The van der Waals surface area contributed by atoms with Crippen molar-refractivity contribution in [3.63, 3.8) is 0 Å². The lowest BCUT2D eigenvalue weighted by Crippen LogP contribution is -2.14. The van der Waals surface area contributed by atoms with Crippen LogP contribution in [0.15, 0.2) is 78.2 Å². The van der Waals surface area contributed by atoms with Gasteiger partial charge in [0.2, 0.25) is 5.91 Å². The summed E-state index contributed by atoms with van der Waals surface area (Å²) in [6.07, 6.45) is 3.42. The number of aromatic nitrogens is 4. The second-order valence-corrected chi connectivity index (χ2v) is 7.56. The molecule has 2 aromatic heterocycles. The summed E-state index contributed by atoms with van der Waals surface area (Å²) in [5.41, 5.74) is 2.42. The van der Waals surface area contributed by atoms with Gasteiger partial charge in [0.25, 0.3) is 0 Å². The molecule has 2 heterocycles. The third-order valence-electron chi connectivity index (χ3n) is 4.59. The van der Waals surface area contributed by atoms with E-state index in [9.17, 15) is 4.79 Å². The van der Waals surface area contributed by atoms with E-state index in [1.54, 1.807) is 44.8 Å². The number of hydrogen-bond acceptors (Lipinski definition) is 7. The standard InChI is InChI=1S/C23H21N5O3S/c1-30-19-9-8-17(14-20(19)31-2)25-21(29)15-32-23-27-26-22(16-10-12-24-13-11-16)28(23)18-6-4-3-5-7-18/h3-14H,15H2,1-2H3,(H,25,29). The van der Waals surface area contributed by atoms with E-state index < -0.39 is 0 Å². The Labute approximate surface area is 189 Å². The molecule has 0 aliphatic rings. The number of amides is 1. The highest BCUT2D eigenvalue weighted by Crippen LogP contribution is 2.30.